The van der Waals surface area contributed by atoms with Gasteiger partial charge in [-0.05, 0) is 31.5 Å². The van der Waals surface area contributed by atoms with Crippen molar-refractivity contribution in [3.05, 3.63) is 23.8 Å². The molecule has 0 aromatic heterocycles. The Labute approximate surface area is 152 Å². The van der Waals surface area contributed by atoms with Gasteiger partial charge in [-0.25, -0.2) is 13.2 Å². The molecule has 1 aromatic carbocycles. The second kappa shape index (κ2) is 8.39. The third kappa shape index (κ3) is 4.66. The fourth-order valence-corrected chi connectivity index (χ4v) is 4.65. The van der Waals surface area contributed by atoms with E-state index in [0.29, 0.717) is 24.5 Å². The Kier molecular flexibility index (Phi) is 6.47. The molecule has 1 aliphatic heterocycles. The lowest BCUT2D eigenvalue weighted by Gasteiger charge is -2.26. The van der Waals surface area contributed by atoms with Gasteiger partial charge in [0, 0.05) is 12.6 Å². The summed E-state index contributed by atoms with van der Waals surface area (Å²) in [7, 11) is -0.167. The zero-order valence-electron chi connectivity index (χ0n) is 15.1. The maximum atomic E-state index is 12.3. The molecule has 1 heterocycles. The smallest absolute Gasteiger partial charge is 0.338 e. The van der Waals surface area contributed by atoms with E-state index < -0.39 is 28.3 Å². The van der Waals surface area contributed by atoms with Crippen molar-refractivity contribution < 1.29 is 32.2 Å². The van der Waals surface area contributed by atoms with Crippen LogP contribution in [0.1, 0.15) is 23.7 Å². The number of likely N-dealkylation sites (N-methyl/N-ethyl adjacent to an activating group) is 1. The number of ether oxygens (including phenoxy) is 3. The van der Waals surface area contributed by atoms with Crippen LogP contribution in [0.25, 0.3) is 0 Å². The Morgan fingerprint density at radius 1 is 1.19 bits per heavy atom. The van der Waals surface area contributed by atoms with Crippen molar-refractivity contribution in [3.8, 4) is 11.5 Å². The van der Waals surface area contributed by atoms with Crippen molar-refractivity contribution in [1.29, 1.82) is 0 Å². The number of carbonyl (C=O) groups is 2. The topological polar surface area (TPSA) is 99.2 Å². The number of hydrogen-bond donors (Lipinski definition) is 0. The number of esters is 1. The molecule has 2 rings (SSSR count). The van der Waals surface area contributed by atoms with Gasteiger partial charge in [-0.3, -0.25) is 4.79 Å². The average Bonchev–Trinajstić information content (AvgIpc) is 2.99. The molecular weight excluding hydrogens is 362 g/mol. The summed E-state index contributed by atoms with van der Waals surface area (Å²) < 4.78 is 38.5. The van der Waals surface area contributed by atoms with Crippen LogP contribution in [0.15, 0.2) is 18.2 Å². The number of rotatable bonds is 7. The average molecular weight is 385 g/mol. The highest BCUT2D eigenvalue weighted by Gasteiger charge is 2.34. The van der Waals surface area contributed by atoms with Gasteiger partial charge < -0.3 is 19.1 Å². The SMILES string of the molecule is CCN(C(=O)COC(=O)c1ccc(OC)c(OC)c1)[C@@H]1CCS(=O)(=O)C1. The summed E-state index contributed by atoms with van der Waals surface area (Å²) in [6, 6.07) is 4.18. The van der Waals surface area contributed by atoms with Crippen LogP contribution in [0, 0.1) is 0 Å². The number of hydrogen-bond acceptors (Lipinski definition) is 7. The molecule has 1 saturated heterocycles. The second-order valence-electron chi connectivity index (χ2n) is 5.88. The number of benzene rings is 1. The lowest BCUT2D eigenvalue weighted by atomic mass is 10.2. The van der Waals surface area contributed by atoms with E-state index in [1.165, 1.54) is 31.3 Å². The second-order valence-corrected chi connectivity index (χ2v) is 8.11. The first-order valence-corrected chi connectivity index (χ1v) is 10.0. The lowest BCUT2D eigenvalue weighted by Crippen LogP contribution is -2.43. The third-order valence-electron chi connectivity index (χ3n) is 4.26. The Balaban J connectivity index is 1.98. The van der Waals surface area contributed by atoms with Crippen LogP contribution < -0.4 is 9.47 Å². The van der Waals surface area contributed by atoms with Crippen LogP contribution >= 0.6 is 0 Å². The molecule has 0 unspecified atom stereocenters. The summed E-state index contributed by atoms with van der Waals surface area (Å²) in [5.74, 6) is -0.208. The number of amides is 1. The van der Waals surface area contributed by atoms with Gasteiger partial charge in [0.1, 0.15) is 0 Å². The first-order chi connectivity index (χ1) is 12.3. The quantitative estimate of drug-likeness (QED) is 0.643. The molecule has 1 amide bonds. The molecule has 0 radical (unpaired) electrons. The van der Waals surface area contributed by atoms with Gasteiger partial charge in [0.2, 0.25) is 0 Å². The number of nitrogens with zero attached hydrogens (tertiary/aromatic N) is 1. The van der Waals surface area contributed by atoms with Crippen molar-refractivity contribution in [2.24, 2.45) is 0 Å². The summed E-state index contributed by atoms with van der Waals surface area (Å²) >= 11 is 0. The van der Waals surface area contributed by atoms with Crippen LogP contribution in [0.2, 0.25) is 0 Å². The van der Waals surface area contributed by atoms with Gasteiger partial charge in [0.25, 0.3) is 5.91 Å². The molecule has 9 heteroatoms. The van der Waals surface area contributed by atoms with Gasteiger partial charge >= 0.3 is 5.97 Å². The Morgan fingerprint density at radius 3 is 2.42 bits per heavy atom. The van der Waals surface area contributed by atoms with Gasteiger partial charge in [-0.2, -0.15) is 0 Å². The van der Waals surface area contributed by atoms with E-state index in [1.807, 2.05) is 0 Å². The summed E-state index contributed by atoms with van der Waals surface area (Å²) in [5.41, 5.74) is 0.224. The minimum absolute atomic E-state index is 0.0454. The molecule has 8 nitrogen and oxygen atoms in total. The van der Waals surface area contributed by atoms with Crippen LogP contribution in [0.3, 0.4) is 0 Å². The van der Waals surface area contributed by atoms with Crippen molar-refractivity contribution in [2.75, 3.05) is 38.9 Å². The molecule has 1 fully saturated rings. The maximum absolute atomic E-state index is 12.3. The van der Waals surface area contributed by atoms with Crippen molar-refractivity contribution in [3.63, 3.8) is 0 Å². The van der Waals surface area contributed by atoms with Crippen LogP contribution in [-0.2, 0) is 19.4 Å². The van der Waals surface area contributed by atoms with Crippen molar-refractivity contribution in [2.45, 2.75) is 19.4 Å². The van der Waals surface area contributed by atoms with E-state index in [4.69, 9.17) is 14.2 Å². The molecule has 0 aliphatic carbocycles. The van der Waals surface area contributed by atoms with E-state index in [-0.39, 0.29) is 23.1 Å². The highest BCUT2D eigenvalue weighted by Crippen LogP contribution is 2.27. The summed E-state index contributed by atoms with van der Waals surface area (Å²) in [6.45, 7) is 1.67. The normalized spacial score (nSPS) is 18.2. The van der Waals surface area contributed by atoms with Gasteiger partial charge in [0.05, 0.1) is 31.3 Å². The molecule has 26 heavy (non-hydrogen) atoms. The fourth-order valence-electron chi connectivity index (χ4n) is 2.92. The Morgan fingerprint density at radius 2 is 1.88 bits per heavy atom. The molecule has 1 aliphatic rings. The van der Waals surface area contributed by atoms with E-state index in [2.05, 4.69) is 0 Å². The molecule has 1 aromatic rings. The van der Waals surface area contributed by atoms with E-state index in [9.17, 15) is 18.0 Å². The summed E-state index contributed by atoms with van der Waals surface area (Å²) in [5, 5.41) is 0. The van der Waals surface area contributed by atoms with Crippen LogP contribution in [0.5, 0.6) is 11.5 Å². The van der Waals surface area contributed by atoms with Crippen LogP contribution in [0.4, 0.5) is 0 Å². The molecule has 0 N–H and O–H groups in total. The highest BCUT2D eigenvalue weighted by atomic mass is 32.2. The Bertz CT molecular complexity index is 775. The monoisotopic (exact) mass is 385 g/mol. The number of methoxy groups -OCH3 is 2. The highest BCUT2D eigenvalue weighted by molar-refractivity contribution is 7.91. The predicted molar refractivity (Wildman–Crippen MR) is 94.3 cm³/mol. The van der Waals surface area contributed by atoms with E-state index in [1.54, 1.807) is 13.0 Å². The maximum Gasteiger partial charge on any atom is 0.338 e. The Hall–Kier alpha value is -2.29. The molecular formula is C17H23NO7S. The van der Waals surface area contributed by atoms with E-state index >= 15 is 0 Å². The number of sulfone groups is 1. The van der Waals surface area contributed by atoms with Gasteiger partial charge in [-0.15, -0.1) is 0 Å². The zero-order valence-corrected chi connectivity index (χ0v) is 15.9. The standard InChI is InChI=1S/C17H23NO7S/c1-4-18(13-7-8-26(21,22)11-13)16(19)10-25-17(20)12-5-6-14(23-2)15(9-12)24-3/h5-6,9,13H,4,7-8,10-11H2,1-3H3/t13-/m1/s1. The minimum atomic E-state index is -3.10. The number of carbonyl (C=O) groups excluding carboxylic acids is 2. The van der Waals surface area contributed by atoms with Gasteiger partial charge in [-0.1, -0.05) is 0 Å². The molecule has 0 spiro atoms. The summed E-state index contributed by atoms with van der Waals surface area (Å²) in [4.78, 5) is 26.0. The van der Waals surface area contributed by atoms with Crippen molar-refractivity contribution >= 4 is 21.7 Å². The third-order valence-corrected chi connectivity index (χ3v) is 6.01. The fraction of sp³-hybridized carbons (Fsp3) is 0.529. The van der Waals surface area contributed by atoms with Crippen LogP contribution in [-0.4, -0.2) is 70.1 Å². The minimum Gasteiger partial charge on any atom is -0.493 e. The largest absolute Gasteiger partial charge is 0.493 e. The predicted octanol–water partition coefficient (Wildman–Crippen LogP) is 0.896. The zero-order chi connectivity index (χ0) is 19.3. The van der Waals surface area contributed by atoms with Gasteiger partial charge in [0.15, 0.2) is 27.9 Å². The summed E-state index contributed by atoms with van der Waals surface area (Å²) in [6.07, 6.45) is 0.408. The molecule has 1 atom stereocenters. The first kappa shape index (κ1) is 20.0. The molecule has 0 saturated carbocycles. The van der Waals surface area contributed by atoms with Crippen molar-refractivity contribution in [1.82, 2.24) is 4.90 Å². The first-order valence-electron chi connectivity index (χ1n) is 8.20. The molecule has 144 valence electrons. The lowest BCUT2D eigenvalue weighted by molar-refractivity contribution is -0.136. The van der Waals surface area contributed by atoms with E-state index in [0.717, 1.165) is 0 Å². The molecule has 0 bridgehead atoms.